The fourth-order valence-corrected chi connectivity index (χ4v) is 1.00. The van der Waals surface area contributed by atoms with Gasteiger partial charge in [0.05, 0.1) is 5.02 Å². The molecule has 0 atom stereocenters. The molecule has 0 amide bonds. The van der Waals surface area contributed by atoms with Gasteiger partial charge in [0.1, 0.15) is 10.8 Å². The van der Waals surface area contributed by atoms with E-state index in [1.807, 2.05) is 0 Å². The predicted molar refractivity (Wildman–Crippen MR) is 42.9 cm³/mol. The standard InChI is InChI=1S/C7H6Cl2O/c1-4-2-3-5(8)6(9)7(4)10/h2-3,10H,1H3. The molecule has 0 aliphatic heterocycles. The summed E-state index contributed by atoms with van der Waals surface area (Å²) in [5.41, 5.74) is 0.731. The number of phenolic OH excluding ortho intramolecular Hbond substituents is 1. The lowest BCUT2D eigenvalue weighted by Crippen LogP contribution is -1.75. The summed E-state index contributed by atoms with van der Waals surface area (Å²) >= 11 is 11.2. The van der Waals surface area contributed by atoms with Crippen molar-refractivity contribution in [2.75, 3.05) is 0 Å². The van der Waals surface area contributed by atoms with Crippen LogP contribution in [-0.2, 0) is 0 Å². The van der Waals surface area contributed by atoms with E-state index in [1.54, 1.807) is 19.1 Å². The number of rotatable bonds is 0. The van der Waals surface area contributed by atoms with Crippen LogP contribution in [0.4, 0.5) is 0 Å². The third-order valence-electron chi connectivity index (χ3n) is 1.27. The lowest BCUT2D eigenvalue weighted by atomic mass is 10.2. The van der Waals surface area contributed by atoms with Crippen LogP contribution >= 0.6 is 23.2 Å². The van der Waals surface area contributed by atoms with Crippen molar-refractivity contribution in [2.24, 2.45) is 0 Å². The van der Waals surface area contributed by atoms with Crippen molar-refractivity contribution < 1.29 is 5.11 Å². The van der Waals surface area contributed by atoms with E-state index >= 15 is 0 Å². The van der Waals surface area contributed by atoms with E-state index in [9.17, 15) is 5.11 Å². The van der Waals surface area contributed by atoms with Crippen molar-refractivity contribution in [2.45, 2.75) is 6.92 Å². The van der Waals surface area contributed by atoms with Gasteiger partial charge in [-0.05, 0) is 18.6 Å². The van der Waals surface area contributed by atoms with Gasteiger partial charge < -0.3 is 5.11 Å². The van der Waals surface area contributed by atoms with E-state index in [1.165, 1.54) is 0 Å². The Balaban J connectivity index is 3.34. The Labute approximate surface area is 69.2 Å². The molecule has 3 heteroatoms. The molecule has 10 heavy (non-hydrogen) atoms. The molecule has 0 radical (unpaired) electrons. The normalized spacial score (nSPS) is 9.90. The average Bonchev–Trinajstić information content (AvgIpc) is 1.93. The average molecular weight is 177 g/mol. The third-order valence-corrected chi connectivity index (χ3v) is 2.07. The Kier molecular flexibility index (Phi) is 2.07. The molecule has 1 rings (SSSR count). The molecule has 0 fully saturated rings. The first-order chi connectivity index (χ1) is 4.63. The monoisotopic (exact) mass is 176 g/mol. The Morgan fingerprint density at radius 2 is 1.90 bits per heavy atom. The zero-order valence-electron chi connectivity index (χ0n) is 5.36. The van der Waals surface area contributed by atoms with Gasteiger partial charge in [-0.15, -0.1) is 0 Å². The van der Waals surface area contributed by atoms with Crippen molar-refractivity contribution >= 4 is 23.2 Å². The van der Waals surface area contributed by atoms with E-state index in [2.05, 4.69) is 0 Å². The number of benzene rings is 1. The summed E-state index contributed by atoms with van der Waals surface area (Å²) < 4.78 is 0. The molecule has 1 nitrogen and oxygen atoms in total. The molecule has 1 aromatic carbocycles. The summed E-state index contributed by atoms with van der Waals surface area (Å²) in [5.74, 6) is 0.0640. The first-order valence-electron chi connectivity index (χ1n) is 2.76. The summed E-state index contributed by atoms with van der Waals surface area (Å²) in [7, 11) is 0. The molecular weight excluding hydrogens is 171 g/mol. The van der Waals surface area contributed by atoms with Gasteiger partial charge in [0.2, 0.25) is 0 Å². The molecule has 0 aliphatic rings. The van der Waals surface area contributed by atoms with Crippen molar-refractivity contribution in [1.29, 1.82) is 0 Å². The summed E-state index contributed by atoms with van der Waals surface area (Å²) in [6, 6.07) is 3.36. The number of hydrogen-bond acceptors (Lipinski definition) is 1. The molecule has 0 bridgehead atoms. The maximum absolute atomic E-state index is 9.17. The maximum Gasteiger partial charge on any atom is 0.138 e. The summed E-state index contributed by atoms with van der Waals surface area (Å²) in [4.78, 5) is 0. The van der Waals surface area contributed by atoms with Crippen LogP contribution in [0.15, 0.2) is 12.1 Å². The van der Waals surface area contributed by atoms with Gasteiger partial charge in [-0.1, -0.05) is 29.3 Å². The van der Waals surface area contributed by atoms with Crippen molar-refractivity contribution in [3.8, 4) is 5.75 Å². The van der Waals surface area contributed by atoms with Gasteiger partial charge in [-0.3, -0.25) is 0 Å². The molecule has 0 heterocycles. The van der Waals surface area contributed by atoms with E-state index in [-0.39, 0.29) is 10.8 Å². The molecule has 54 valence electrons. The van der Waals surface area contributed by atoms with Crippen molar-refractivity contribution in [3.05, 3.63) is 27.7 Å². The molecule has 0 unspecified atom stereocenters. The molecule has 0 saturated heterocycles. The largest absolute Gasteiger partial charge is 0.506 e. The Morgan fingerprint density at radius 1 is 1.30 bits per heavy atom. The van der Waals surface area contributed by atoms with Crippen molar-refractivity contribution in [3.63, 3.8) is 0 Å². The lowest BCUT2D eigenvalue weighted by molar-refractivity contribution is 0.471. The minimum atomic E-state index is 0.0640. The van der Waals surface area contributed by atoms with Crippen LogP contribution in [0.25, 0.3) is 0 Å². The fourth-order valence-electron chi connectivity index (χ4n) is 0.636. The van der Waals surface area contributed by atoms with Gasteiger partial charge in [0, 0.05) is 0 Å². The SMILES string of the molecule is Cc1ccc(Cl)c(Cl)c1O. The quantitative estimate of drug-likeness (QED) is 0.645. The molecule has 0 aliphatic carbocycles. The smallest absolute Gasteiger partial charge is 0.138 e. The number of aromatic hydroxyl groups is 1. The second-order valence-electron chi connectivity index (χ2n) is 2.03. The van der Waals surface area contributed by atoms with Crippen LogP contribution in [0.2, 0.25) is 10.0 Å². The topological polar surface area (TPSA) is 20.2 Å². The molecule has 0 aromatic heterocycles. The second-order valence-corrected chi connectivity index (χ2v) is 2.81. The summed E-state index contributed by atoms with van der Waals surface area (Å²) in [6.07, 6.45) is 0. The minimum Gasteiger partial charge on any atom is -0.506 e. The number of hydrogen-bond donors (Lipinski definition) is 1. The van der Waals surface area contributed by atoms with Crippen LogP contribution in [0.3, 0.4) is 0 Å². The van der Waals surface area contributed by atoms with Crippen LogP contribution in [0.1, 0.15) is 5.56 Å². The highest BCUT2D eigenvalue weighted by atomic mass is 35.5. The highest BCUT2D eigenvalue weighted by Crippen LogP contribution is 2.33. The second kappa shape index (κ2) is 2.69. The zero-order chi connectivity index (χ0) is 7.72. The lowest BCUT2D eigenvalue weighted by Gasteiger charge is -2.00. The highest BCUT2D eigenvalue weighted by Gasteiger charge is 2.04. The van der Waals surface area contributed by atoms with E-state index < -0.39 is 0 Å². The first-order valence-corrected chi connectivity index (χ1v) is 3.52. The number of phenols is 1. The highest BCUT2D eigenvalue weighted by molar-refractivity contribution is 6.42. The summed E-state index contributed by atoms with van der Waals surface area (Å²) in [5, 5.41) is 9.77. The fraction of sp³-hybridized carbons (Fsp3) is 0.143. The Bertz CT molecular complexity index is 231. The Hall–Kier alpha value is -0.400. The van der Waals surface area contributed by atoms with Crippen LogP contribution in [-0.4, -0.2) is 5.11 Å². The van der Waals surface area contributed by atoms with Gasteiger partial charge in [0.15, 0.2) is 0 Å². The molecule has 0 saturated carbocycles. The van der Waals surface area contributed by atoms with E-state index in [4.69, 9.17) is 23.2 Å². The molecule has 1 aromatic rings. The third kappa shape index (κ3) is 1.20. The summed E-state index contributed by atoms with van der Waals surface area (Å²) in [6.45, 7) is 1.76. The predicted octanol–water partition coefficient (Wildman–Crippen LogP) is 3.01. The number of aryl methyl sites for hydroxylation is 1. The van der Waals surface area contributed by atoms with Gasteiger partial charge in [-0.2, -0.15) is 0 Å². The molecule has 1 N–H and O–H groups in total. The van der Waals surface area contributed by atoms with Crippen LogP contribution in [0.5, 0.6) is 5.75 Å². The van der Waals surface area contributed by atoms with E-state index in [0.717, 1.165) is 5.56 Å². The minimum absolute atomic E-state index is 0.0640. The van der Waals surface area contributed by atoms with Gasteiger partial charge in [0.25, 0.3) is 0 Å². The first kappa shape index (κ1) is 7.70. The number of halogens is 2. The van der Waals surface area contributed by atoms with Crippen LogP contribution in [0, 0.1) is 6.92 Å². The molecular formula is C7H6Cl2O. The van der Waals surface area contributed by atoms with Crippen molar-refractivity contribution in [1.82, 2.24) is 0 Å². The van der Waals surface area contributed by atoms with Crippen LogP contribution < -0.4 is 0 Å². The van der Waals surface area contributed by atoms with E-state index in [0.29, 0.717) is 5.02 Å². The Morgan fingerprint density at radius 3 is 2.40 bits per heavy atom. The maximum atomic E-state index is 9.17. The zero-order valence-corrected chi connectivity index (χ0v) is 6.87. The van der Waals surface area contributed by atoms with Gasteiger partial charge >= 0.3 is 0 Å². The van der Waals surface area contributed by atoms with Gasteiger partial charge in [-0.25, -0.2) is 0 Å². The molecule has 0 spiro atoms.